The van der Waals surface area contributed by atoms with E-state index in [9.17, 15) is 4.79 Å². The lowest BCUT2D eigenvalue weighted by Crippen LogP contribution is -2.28. The highest BCUT2D eigenvalue weighted by Crippen LogP contribution is 2.35. The molecule has 0 atom stereocenters. The van der Waals surface area contributed by atoms with E-state index in [4.69, 9.17) is 32.6 Å². The van der Waals surface area contributed by atoms with Crippen molar-refractivity contribution in [1.29, 1.82) is 0 Å². The molecule has 1 aromatic heterocycles. The van der Waals surface area contributed by atoms with E-state index in [2.05, 4.69) is 13.8 Å². The Labute approximate surface area is 195 Å². The number of halogens is 2. The van der Waals surface area contributed by atoms with Crippen LogP contribution in [0, 0.1) is 13.8 Å². The van der Waals surface area contributed by atoms with Crippen LogP contribution < -0.4 is 0 Å². The van der Waals surface area contributed by atoms with Gasteiger partial charge in [0.25, 0.3) is 5.91 Å². The molecule has 4 nitrogen and oxygen atoms in total. The molecule has 1 saturated heterocycles. The Bertz CT molecular complexity index is 1230. The van der Waals surface area contributed by atoms with Crippen molar-refractivity contribution in [3.8, 4) is 11.3 Å². The zero-order valence-corrected chi connectivity index (χ0v) is 19.6. The molecule has 158 valence electrons. The molecule has 0 aliphatic carbocycles. The topological polar surface area (TPSA) is 45.8 Å². The van der Waals surface area contributed by atoms with Crippen molar-refractivity contribution in [3.05, 3.63) is 80.4 Å². The predicted octanol–water partition coefficient (Wildman–Crippen LogP) is 7.49. The molecule has 1 aliphatic heterocycles. The van der Waals surface area contributed by atoms with Crippen molar-refractivity contribution in [2.24, 2.45) is 4.99 Å². The number of thioether (sulfide) groups is 1. The Morgan fingerprint density at radius 2 is 1.84 bits per heavy atom. The maximum absolute atomic E-state index is 12.9. The number of aryl methyl sites for hydroxylation is 2. The Hall–Kier alpha value is -2.47. The molecule has 1 amide bonds. The predicted molar refractivity (Wildman–Crippen MR) is 130 cm³/mol. The number of amidine groups is 1. The van der Waals surface area contributed by atoms with Crippen LogP contribution in [0.3, 0.4) is 0 Å². The summed E-state index contributed by atoms with van der Waals surface area (Å²) in [5.41, 5.74) is 4.03. The van der Waals surface area contributed by atoms with Crippen molar-refractivity contribution in [1.82, 2.24) is 4.90 Å². The number of hydrogen-bond acceptors (Lipinski definition) is 4. The maximum atomic E-state index is 12.9. The van der Waals surface area contributed by atoms with Gasteiger partial charge in [-0.2, -0.15) is 0 Å². The molecule has 31 heavy (non-hydrogen) atoms. The molecular weight excluding hydrogens is 451 g/mol. The van der Waals surface area contributed by atoms with Gasteiger partial charge in [-0.15, -0.1) is 0 Å². The summed E-state index contributed by atoms with van der Waals surface area (Å²) in [6, 6.07) is 15.0. The molecule has 7 heteroatoms. The van der Waals surface area contributed by atoms with Gasteiger partial charge in [0.2, 0.25) is 0 Å². The summed E-state index contributed by atoms with van der Waals surface area (Å²) < 4.78 is 5.92. The highest BCUT2D eigenvalue weighted by atomic mass is 35.5. The maximum Gasteiger partial charge on any atom is 0.266 e. The summed E-state index contributed by atoms with van der Waals surface area (Å²) in [4.78, 5) is 19.9. The van der Waals surface area contributed by atoms with Gasteiger partial charge in [0, 0.05) is 18.2 Å². The van der Waals surface area contributed by atoms with Crippen LogP contribution in [0.2, 0.25) is 10.0 Å². The van der Waals surface area contributed by atoms with Crippen LogP contribution in [0.5, 0.6) is 0 Å². The highest BCUT2D eigenvalue weighted by Gasteiger charge is 2.32. The van der Waals surface area contributed by atoms with E-state index in [0.717, 1.165) is 11.3 Å². The quantitative estimate of drug-likeness (QED) is 0.370. The molecule has 4 rings (SSSR count). The van der Waals surface area contributed by atoms with Crippen LogP contribution in [0.15, 0.2) is 62.8 Å². The van der Waals surface area contributed by atoms with Gasteiger partial charge < -0.3 is 4.42 Å². The first-order chi connectivity index (χ1) is 14.9. The number of carbonyl (C=O) groups is 1. The van der Waals surface area contributed by atoms with Crippen LogP contribution >= 0.6 is 35.0 Å². The Morgan fingerprint density at radius 1 is 1.03 bits per heavy atom. The van der Waals surface area contributed by atoms with E-state index in [1.165, 1.54) is 22.9 Å². The van der Waals surface area contributed by atoms with Crippen molar-refractivity contribution in [3.63, 3.8) is 0 Å². The lowest BCUT2D eigenvalue weighted by molar-refractivity contribution is -0.122. The Kier molecular flexibility index (Phi) is 6.28. The molecule has 0 spiro atoms. The zero-order chi connectivity index (χ0) is 22.1. The van der Waals surface area contributed by atoms with Crippen LogP contribution in [0.4, 0.5) is 5.69 Å². The van der Waals surface area contributed by atoms with Crippen LogP contribution in [0.25, 0.3) is 17.4 Å². The van der Waals surface area contributed by atoms with Crippen LogP contribution in [0.1, 0.15) is 23.8 Å². The summed E-state index contributed by atoms with van der Waals surface area (Å²) in [6.45, 7) is 6.60. The number of carbonyl (C=O) groups excluding carboxylic acids is 1. The number of benzene rings is 2. The van der Waals surface area contributed by atoms with Crippen molar-refractivity contribution in [2.45, 2.75) is 20.8 Å². The molecule has 0 bridgehead atoms. The summed E-state index contributed by atoms with van der Waals surface area (Å²) in [7, 11) is 0. The standard InChI is InChI=1S/C24H20Cl2N2O2S/c1-4-28-23(29)22(31-24(28)27-17-7-5-14(2)15(3)11-17)13-18-8-10-21(30-18)16-6-9-19(25)20(26)12-16/h5-13H,4H2,1-3H3/b22-13-,27-24?. The van der Waals surface area contributed by atoms with E-state index >= 15 is 0 Å². The SMILES string of the molecule is CCN1C(=O)/C(=C/c2ccc(-c3ccc(Cl)c(Cl)c3)o2)SC1=Nc1ccc(C)c(C)c1. The van der Waals surface area contributed by atoms with Gasteiger partial charge in [-0.25, -0.2) is 4.99 Å². The summed E-state index contributed by atoms with van der Waals surface area (Å²) in [6.07, 6.45) is 1.75. The fourth-order valence-electron chi connectivity index (χ4n) is 3.14. The molecule has 1 fully saturated rings. The van der Waals surface area contributed by atoms with Gasteiger partial charge in [-0.05, 0) is 86.1 Å². The number of aliphatic imine (C=N–C) groups is 1. The van der Waals surface area contributed by atoms with E-state index in [0.29, 0.717) is 38.2 Å². The van der Waals surface area contributed by atoms with E-state index < -0.39 is 0 Å². The minimum absolute atomic E-state index is 0.0810. The van der Waals surface area contributed by atoms with Gasteiger partial charge in [0.1, 0.15) is 11.5 Å². The molecule has 0 saturated carbocycles. The lowest BCUT2D eigenvalue weighted by atomic mass is 10.1. The second-order valence-corrected chi connectivity index (χ2v) is 8.98. The first-order valence-electron chi connectivity index (χ1n) is 9.78. The minimum atomic E-state index is -0.0810. The number of furan rings is 1. The summed E-state index contributed by atoms with van der Waals surface area (Å²) in [5.74, 6) is 1.15. The van der Waals surface area contributed by atoms with Gasteiger partial charge in [-0.1, -0.05) is 29.3 Å². The van der Waals surface area contributed by atoms with E-state index in [1.54, 1.807) is 23.1 Å². The lowest BCUT2D eigenvalue weighted by Gasteiger charge is -2.12. The zero-order valence-electron chi connectivity index (χ0n) is 17.3. The van der Waals surface area contributed by atoms with Crippen molar-refractivity contribution in [2.75, 3.05) is 6.54 Å². The van der Waals surface area contributed by atoms with Gasteiger partial charge >= 0.3 is 0 Å². The summed E-state index contributed by atoms with van der Waals surface area (Å²) in [5, 5.41) is 1.61. The second kappa shape index (κ2) is 8.95. The van der Waals surface area contributed by atoms with Gasteiger partial charge in [-0.3, -0.25) is 9.69 Å². The highest BCUT2D eigenvalue weighted by molar-refractivity contribution is 8.18. The van der Waals surface area contributed by atoms with Crippen molar-refractivity contribution < 1.29 is 9.21 Å². The molecule has 0 unspecified atom stereocenters. The van der Waals surface area contributed by atoms with Gasteiger partial charge in [0.15, 0.2) is 5.17 Å². The molecule has 0 N–H and O–H groups in total. The van der Waals surface area contributed by atoms with Crippen molar-refractivity contribution >= 4 is 57.8 Å². The second-order valence-electron chi connectivity index (χ2n) is 7.15. The molecular formula is C24H20Cl2N2O2S. The Balaban J connectivity index is 1.62. The number of likely N-dealkylation sites (N-methyl/N-ethyl adjacent to an activating group) is 1. The average molecular weight is 471 g/mol. The average Bonchev–Trinajstić information content (AvgIpc) is 3.32. The first kappa shape index (κ1) is 21.8. The number of amides is 1. The first-order valence-corrected chi connectivity index (χ1v) is 11.4. The normalized spacial score (nSPS) is 16.7. The molecule has 1 aliphatic rings. The van der Waals surface area contributed by atoms with Gasteiger partial charge in [0.05, 0.1) is 20.6 Å². The van der Waals surface area contributed by atoms with E-state index in [-0.39, 0.29) is 5.91 Å². The number of hydrogen-bond donors (Lipinski definition) is 0. The molecule has 2 heterocycles. The van der Waals surface area contributed by atoms with Crippen LogP contribution in [-0.2, 0) is 4.79 Å². The monoisotopic (exact) mass is 470 g/mol. The Morgan fingerprint density at radius 3 is 2.55 bits per heavy atom. The smallest absolute Gasteiger partial charge is 0.266 e. The van der Waals surface area contributed by atoms with Crippen LogP contribution in [-0.4, -0.2) is 22.5 Å². The number of rotatable bonds is 4. The molecule has 3 aromatic rings. The third kappa shape index (κ3) is 4.59. The third-order valence-electron chi connectivity index (χ3n) is 5.02. The summed E-state index contributed by atoms with van der Waals surface area (Å²) >= 11 is 13.4. The largest absolute Gasteiger partial charge is 0.457 e. The fourth-order valence-corrected chi connectivity index (χ4v) is 4.48. The molecule has 0 radical (unpaired) electrons. The third-order valence-corrected chi connectivity index (χ3v) is 6.77. The fraction of sp³-hybridized carbons (Fsp3) is 0.167. The van der Waals surface area contributed by atoms with E-state index in [1.807, 2.05) is 43.3 Å². The molecule has 2 aromatic carbocycles. The minimum Gasteiger partial charge on any atom is -0.457 e. The number of nitrogens with zero attached hydrogens (tertiary/aromatic N) is 2.